The third kappa shape index (κ3) is 25.2. The van der Waals surface area contributed by atoms with Crippen molar-refractivity contribution in [3.05, 3.63) is 0 Å². The van der Waals surface area contributed by atoms with E-state index in [0.717, 1.165) is 45.2 Å². The molecule has 3 N–H and O–H groups in total. The number of urea groups is 1. The summed E-state index contributed by atoms with van der Waals surface area (Å²) < 4.78 is 0. The predicted octanol–water partition coefficient (Wildman–Crippen LogP) is 7.10. The van der Waals surface area contributed by atoms with E-state index >= 15 is 0 Å². The highest BCUT2D eigenvalue weighted by Crippen LogP contribution is 2.13. The van der Waals surface area contributed by atoms with Crippen LogP contribution in [0.25, 0.3) is 0 Å². The smallest absolute Gasteiger partial charge is 0.314 e. The zero-order valence-corrected chi connectivity index (χ0v) is 19.6. The molecule has 0 bridgehead atoms. The maximum absolute atomic E-state index is 11.6. The minimum absolute atomic E-state index is 0.0342. The number of carbonyl (C=O) groups excluding carboxylic acids is 1. The highest BCUT2D eigenvalue weighted by atomic mass is 16.2. The van der Waals surface area contributed by atoms with Gasteiger partial charge in [0.25, 0.3) is 0 Å². The number of nitrogens with one attached hydrogen (secondary N) is 2. The number of aliphatic hydroxyl groups is 1. The van der Waals surface area contributed by atoms with Gasteiger partial charge in [0.15, 0.2) is 0 Å². The van der Waals surface area contributed by atoms with Crippen LogP contribution < -0.4 is 10.6 Å². The minimum atomic E-state index is -0.0342. The molecule has 2 amide bonds. The summed E-state index contributed by atoms with van der Waals surface area (Å²) in [4.78, 5) is 11.6. The fourth-order valence-corrected chi connectivity index (χ4v) is 3.73. The molecule has 0 aliphatic rings. The molecule has 0 radical (unpaired) electrons. The molecule has 0 saturated carbocycles. The summed E-state index contributed by atoms with van der Waals surface area (Å²) in [6.07, 6.45) is 25.9. The van der Waals surface area contributed by atoms with Gasteiger partial charge in [-0.3, -0.25) is 0 Å². The lowest BCUT2D eigenvalue weighted by Crippen LogP contribution is -2.36. The molecular weight excluding hydrogens is 360 g/mol. The molecule has 174 valence electrons. The molecule has 0 atom stereocenters. The maximum atomic E-state index is 11.6. The normalized spacial score (nSPS) is 11.0. The monoisotopic (exact) mass is 412 g/mol. The Kier molecular flexibility index (Phi) is 24.6. The van der Waals surface area contributed by atoms with E-state index < -0.39 is 0 Å². The van der Waals surface area contributed by atoms with Gasteiger partial charge in [0.2, 0.25) is 0 Å². The number of hydrogen-bond acceptors (Lipinski definition) is 2. The topological polar surface area (TPSA) is 61.4 Å². The van der Waals surface area contributed by atoms with E-state index in [2.05, 4.69) is 17.6 Å². The summed E-state index contributed by atoms with van der Waals surface area (Å²) in [6, 6.07) is -0.0342. The molecule has 0 aromatic rings. The zero-order chi connectivity index (χ0) is 21.3. The first-order valence-corrected chi connectivity index (χ1v) is 12.9. The number of rotatable bonds is 23. The number of carbonyl (C=O) groups is 1. The number of aliphatic hydroxyl groups excluding tert-OH is 1. The second-order valence-electron chi connectivity index (χ2n) is 8.62. The van der Waals surface area contributed by atoms with Crippen LogP contribution in [0.1, 0.15) is 135 Å². The van der Waals surface area contributed by atoms with Gasteiger partial charge < -0.3 is 15.7 Å². The molecular formula is C25H52N2O2. The van der Waals surface area contributed by atoms with Crippen molar-refractivity contribution in [3.63, 3.8) is 0 Å². The van der Waals surface area contributed by atoms with Gasteiger partial charge in [-0.1, -0.05) is 116 Å². The largest absolute Gasteiger partial charge is 0.396 e. The highest BCUT2D eigenvalue weighted by molar-refractivity contribution is 5.73. The van der Waals surface area contributed by atoms with E-state index in [-0.39, 0.29) is 12.6 Å². The van der Waals surface area contributed by atoms with E-state index in [1.54, 1.807) is 0 Å². The lowest BCUT2D eigenvalue weighted by molar-refractivity contribution is 0.240. The molecule has 4 nitrogen and oxygen atoms in total. The molecule has 0 spiro atoms. The van der Waals surface area contributed by atoms with Gasteiger partial charge in [0.05, 0.1) is 0 Å². The molecule has 0 unspecified atom stereocenters. The summed E-state index contributed by atoms with van der Waals surface area (Å²) >= 11 is 0. The van der Waals surface area contributed by atoms with E-state index in [1.165, 1.54) is 96.3 Å². The van der Waals surface area contributed by atoms with Crippen LogP contribution in [0.3, 0.4) is 0 Å². The van der Waals surface area contributed by atoms with Crippen molar-refractivity contribution >= 4 is 6.03 Å². The Morgan fingerprint density at radius 2 is 0.828 bits per heavy atom. The van der Waals surface area contributed by atoms with Crippen LogP contribution in [0.15, 0.2) is 0 Å². The average molecular weight is 413 g/mol. The number of hydrogen-bond donors (Lipinski definition) is 3. The molecule has 0 fully saturated rings. The van der Waals surface area contributed by atoms with Crippen LogP contribution in [-0.4, -0.2) is 30.8 Å². The fourth-order valence-electron chi connectivity index (χ4n) is 3.73. The van der Waals surface area contributed by atoms with Crippen molar-refractivity contribution in [2.75, 3.05) is 19.7 Å². The lowest BCUT2D eigenvalue weighted by Gasteiger charge is -2.07. The Balaban J connectivity index is 3.10. The Bertz CT molecular complexity index is 324. The molecule has 29 heavy (non-hydrogen) atoms. The predicted molar refractivity (Wildman–Crippen MR) is 127 cm³/mol. The van der Waals surface area contributed by atoms with Crippen LogP contribution >= 0.6 is 0 Å². The van der Waals surface area contributed by atoms with Crippen molar-refractivity contribution in [1.29, 1.82) is 0 Å². The third-order valence-corrected chi connectivity index (χ3v) is 5.69. The highest BCUT2D eigenvalue weighted by Gasteiger charge is 1.99. The van der Waals surface area contributed by atoms with Gasteiger partial charge in [-0.2, -0.15) is 0 Å². The van der Waals surface area contributed by atoms with Crippen LogP contribution in [0.4, 0.5) is 4.79 Å². The zero-order valence-electron chi connectivity index (χ0n) is 19.6. The molecule has 0 heterocycles. The van der Waals surface area contributed by atoms with Gasteiger partial charge in [-0.15, -0.1) is 0 Å². The lowest BCUT2D eigenvalue weighted by atomic mass is 10.0. The Morgan fingerprint density at radius 1 is 0.517 bits per heavy atom. The first-order chi connectivity index (χ1) is 14.3. The molecule has 0 aromatic carbocycles. The van der Waals surface area contributed by atoms with E-state index in [9.17, 15) is 4.79 Å². The first kappa shape index (κ1) is 28.2. The van der Waals surface area contributed by atoms with Crippen LogP contribution in [-0.2, 0) is 0 Å². The van der Waals surface area contributed by atoms with Crippen molar-refractivity contribution in [2.45, 2.75) is 135 Å². The fraction of sp³-hybridized carbons (Fsp3) is 0.960. The van der Waals surface area contributed by atoms with Gasteiger partial charge in [-0.25, -0.2) is 4.79 Å². The summed E-state index contributed by atoms with van der Waals surface area (Å²) in [6.45, 7) is 4.07. The van der Waals surface area contributed by atoms with Crippen LogP contribution in [0, 0.1) is 0 Å². The minimum Gasteiger partial charge on any atom is -0.396 e. The second kappa shape index (κ2) is 25.3. The van der Waals surface area contributed by atoms with Crippen LogP contribution in [0.2, 0.25) is 0 Å². The van der Waals surface area contributed by atoms with Gasteiger partial charge in [0, 0.05) is 19.7 Å². The summed E-state index contributed by atoms with van der Waals surface area (Å²) in [7, 11) is 0. The van der Waals surface area contributed by atoms with Crippen molar-refractivity contribution in [1.82, 2.24) is 10.6 Å². The SMILES string of the molecule is CCCCCCCCCCCCCCCCCCNC(=O)NCCCCCCO. The summed E-state index contributed by atoms with van der Waals surface area (Å²) in [5, 5.41) is 14.6. The van der Waals surface area contributed by atoms with Crippen molar-refractivity contribution in [2.24, 2.45) is 0 Å². The number of amides is 2. The first-order valence-electron chi connectivity index (χ1n) is 12.9. The van der Waals surface area contributed by atoms with Crippen molar-refractivity contribution in [3.8, 4) is 0 Å². The van der Waals surface area contributed by atoms with E-state index in [0.29, 0.717) is 0 Å². The summed E-state index contributed by atoms with van der Waals surface area (Å²) in [5.74, 6) is 0. The Morgan fingerprint density at radius 3 is 1.17 bits per heavy atom. The maximum Gasteiger partial charge on any atom is 0.314 e. The standard InChI is InChI=1S/C25H52N2O2/c1-2-3-4-5-6-7-8-9-10-11-12-13-14-15-16-19-22-26-25(29)27-23-20-17-18-21-24-28/h28H,2-24H2,1H3,(H2,26,27,29). The Labute approximate surface area is 182 Å². The molecule has 0 rings (SSSR count). The van der Waals surface area contributed by atoms with Gasteiger partial charge in [-0.05, 0) is 19.3 Å². The second-order valence-corrected chi connectivity index (χ2v) is 8.62. The molecule has 4 heteroatoms. The Hall–Kier alpha value is -0.770. The van der Waals surface area contributed by atoms with Crippen LogP contribution in [0.5, 0.6) is 0 Å². The molecule has 0 aliphatic heterocycles. The van der Waals surface area contributed by atoms with Gasteiger partial charge in [0.1, 0.15) is 0 Å². The molecule has 0 aliphatic carbocycles. The molecule has 0 saturated heterocycles. The summed E-state index contributed by atoms with van der Waals surface area (Å²) in [5.41, 5.74) is 0. The quantitative estimate of drug-likeness (QED) is 0.157. The third-order valence-electron chi connectivity index (χ3n) is 5.69. The average Bonchev–Trinajstić information content (AvgIpc) is 2.73. The van der Waals surface area contributed by atoms with Gasteiger partial charge >= 0.3 is 6.03 Å². The van der Waals surface area contributed by atoms with E-state index in [4.69, 9.17) is 5.11 Å². The number of unbranched alkanes of at least 4 members (excludes halogenated alkanes) is 18. The van der Waals surface area contributed by atoms with Crippen molar-refractivity contribution < 1.29 is 9.90 Å². The van der Waals surface area contributed by atoms with E-state index in [1.807, 2.05) is 0 Å². The molecule has 0 aromatic heterocycles.